The van der Waals surface area contributed by atoms with E-state index >= 15 is 0 Å². The molecule has 1 aliphatic heterocycles. The van der Waals surface area contributed by atoms with Gasteiger partial charge >= 0.3 is 0 Å². The Morgan fingerprint density at radius 2 is 1.89 bits per heavy atom. The van der Waals surface area contributed by atoms with Crippen LogP contribution in [0.2, 0.25) is 5.02 Å². The molecule has 1 aromatic heterocycles. The average Bonchev–Trinajstić information content (AvgIpc) is 2.68. The molecule has 0 aliphatic carbocycles. The second-order valence-corrected chi connectivity index (χ2v) is 9.52. The first-order chi connectivity index (χ1) is 13.3. The van der Waals surface area contributed by atoms with E-state index in [4.69, 9.17) is 11.6 Å². The number of halogens is 1. The second kappa shape index (κ2) is 8.59. The van der Waals surface area contributed by atoms with E-state index < -0.39 is 15.9 Å². The molecule has 150 valence electrons. The summed E-state index contributed by atoms with van der Waals surface area (Å²) in [4.78, 5) is 17.8. The van der Waals surface area contributed by atoms with Crippen molar-refractivity contribution in [2.45, 2.75) is 37.6 Å². The lowest BCUT2D eigenvalue weighted by Crippen LogP contribution is -2.45. The van der Waals surface area contributed by atoms with Crippen LogP contribution in [0, 0.1) is 5.92 Å². The van der Waals surface area contributed by atoms with Gasteiger partial charge in [0.05, 0.1) is 10.8 Å². The van der Waals surface area contributed by atoms with E-state index in [1.807, 2.05) is 19.9 Å². The first-order valence-electron chi connectivity index (χ1n) is 9.30. The van der Waals surface area contributed by atoms with Gasteiger partial charge in [0.25, 0.3) is 0 Å². The maximum absolute atomic E-state index is 13.1. The summed E-state index contributed by atoms with van der Waals surface area (Å²) >= 11 is 5.87. The van der Waals surface area contributed by atoms with Crippen LogP contribution >= 0.6 is 11.6 Å². The van der Waals surface area contributed by atoms with Crippen molar-refractivity contribution in [1.82, 2.24) is 8.87 Å². The third kappa shape index (κ3) is 4.54. The van der Waals surface area contributed by atoms with Crippen molar-refractivity contribution in [3.63, 3.8) is 0 Å². The quantitative estimate of drug-likeness (QED) is 0.761. The Morgan fingerprint density at radius 1 is 1.18 bits per heavy atom. The molecule has 1 atom stereocenters. The largest absolute Gasteiger partial charge is 0.274 e. The molecule has 0 amide bonds. The molecular weight excluding hydrogens is 398 g/mol. The predicted octanol–water partition coefficient (Wildman–Crippen LogP) is 3.19. The normalized spacial score (nSPS) is 19.1. The number of carbonyl (C=O) groups is 1. The van der Waals surface area contributed by atoms with Crippen LogP contribution in [-0.2, 0) is 10.0 Å². The van der Waals surface area contributed by atoms with Gasteiger partial charge in [-0.05, 0) is 63.1 Å². The first-order valence-corrected chi connectivity index (χ1v) is 11.1. The molecule has 28 heavy (non-hydrogen) atoms. The minimum absolute atomic E-state index is 0.0505. The lowest BCUT2D eigenvalue weighted by atomic mass is 9.98. The van der Waals surface area contributed by atoms with Crippen molar-refractivity contribution in [3.05, 3.63) is 59.2 Å². The van der Waals surface area contributed by atoms with E-state index in [-0.39, 0.29) is 23.4 Å². The van der Waals surface area contributed by atoms with Crippen LogP contribution in [0.4, 0.5) is 0 Å². The van der Waals surface area contributed by atoms with Gasteiger partial charge < -0.3 is 0 Å². The summed E-state index contributed by atoms with van der Waals surface area (Å²) in [5, 5.41) is 0.479. The zero-order valence-corrected chi connectivity index (χ0v) is 17.5. The SMILES string of the molecule is CC(C)N=c1ccccn1C(=O)C1CCCN(S(=O)(=O)c2ccc(Cl)cc2)C1. The number of benzene rings is 1. The van der Waals surface area contributed by atoms with Gasteiger partial charge in [-0.2, -0.15) is 4.31 Å². The van der Waals surface area contributed by atoms with Crippen LogP contribution in [0.3, 0.4) is 0 Å². The Labute approximate surface area is 170 Å². The highest BCUT2D eigenvalue weighted by Crippen LogP contribution is 2.25. The molecule has 6 nitrogen and oxygen atoms in total. The summed E-state index contributed by atoms with van der Waals surface area (Å²) in [5.74, 6) is -0.541. The van der Waals surface area contributed by atoms with Crippen molar-refractivity contribution >= 4 is 27.5 Å². The molecule has 2 heterocycles. The summed E-state index contributed by atoms with van der Waals surface area (Å²) in [6.07, 6.45) is 2.97. The molecule has 1 fully saturated rings. The van der Waals surface area contributed by atoms with Crippen molar-refractivity contribution in [2.75, 3.05) is 13.1 Å². The Bertz CT molecular complexity index is 1010. The summed E-state index contributed by atoms with van der Waals surface area (Å²) in [6, 6.07) is 11.6. The van der Waals surface area contributed by atoms with Crippen molar-refractivity contribution in [2.24, 2.45) is 10.9 Å². The van der Waals surface area contributed by atoms with Crippen LogP contribution in [0.1, 0.15) is 31.5 Å². The van der Waals surface area contributed by atoms with Gasteiger partial charge in [0.2, 0.25) is 15.9 Å². The zero-order valence-electron chi connectivity index (χ0n) is 16.0. The van der Waals surface area contributed by atoms with Crippen molar-refractivity contribution in [3.8, 4) is 0 Å². The lowest BCUT2D eigenvalue weighted by Gasteiger charge is -2.31. The van der Waals surface area contributed by atoms with Crippen LogP contribution in [0.5, 0.6) is 0 Å². The molecule has 1 unspecified atom stereocenters. The van der Waals surface area contributed by atoms with E-state index in [1.165, 1.54) is 21.0 Å². The highest BCUT2D eigenvalue weighted by molar-refractivity contribution is 7.89. The van der Waals surface area contributed by atoms with Gasteiger partial charge in [-0.25, -0.2) is 8.42 Å². The van der Waals surface area contributed by atoms with Crippen molar-refractivity contribution < 1.29 is 13.2 Å². The molecule has 0 radical (unpaired) electrons. The molecule has 3 rings (SSSR count). The molecule has 8 heteroatoms. The monoisotopic (exact) mass is 421 g/mol. The maximum atomic E-state index is 13.1. The fourth-order valence-electron chi connectivity index (χ4n) is 3.30. The molecule has 0 saturated carbocycles. The topological polar surface area (TPSA) is 71.7 Å². The highest BCUT2D eigenvalue weighted by atomic mass is 35.5. The van der Waals surface area contributed by atoms with E-state index in [9.17, 15) is 13.2 Å². The number of pyridine rings is 1. The highest BCUT2D eigenvalue weighted by Gasteiger charge is 2.33. The number of aromatic nitrogens is 1. The fraction of sp³-hybridized carbons (Fsp3) is 0.400. The minimum Gasteiger partial charge on any atom is -0.274 e. The molecule has 1 saturated heterocycles. The maximum Gasteiger partial charge on any atom is 0.243 e. The van der Waals surface area contributed by atoms with Crippen LogP contribution in [-0.4, -0.2) is 42.3 Å². The van der Waals surface area contributed by atoms with Crippen LogP contribution in [0.15, 0.2) is 58.5 Å². The van der Waals surface area contributed by atoms with Crippen LogP contribution in [0.25, 0.3) is 0 Å². The summed E-state index contributed by atoms with van der Waals surface area (Å²) in [6.45, 7) is 4.45. The van der Waals surface area contributed by atoms with E-state index in [0.717, 1.165) is 0 Å². The number of piperidine rings is 1. The number of hydrogen-bond donors (Lipinski definition) is 0. The third-order valence-corrected chi connectivity index (χ3v) is 6.78. The van der Waals surface area contributed by atoms with E-state index in [1.54, 1.807) is 30.5 Å². The van der Waals surface area contributed by atoms with Gasteiger partial charge in [-0.3, -0.25) is 14.4 Å². The molecule has 1 aliphatic rings. The fourth-order valence-corrected chi connectivity index (χ4v) is 4.95. The van der Waals surface area contributed by atoms with Gasteiger partial charge in [-0.1, -0.05) is 17.7 Å². The number of hydrogen-bond acceptors (Lipinski definition) is 4. The first kappa shape index (κ1) is 20.8. The molecular formula is C20H24ClN3O3S. The number of nitrogens with zero attached hydrogens (tertiary/aromatic N) is 3. The zero-order chi connectivity index (χ0) is 20.3. The van der Waals surface area contributed by atoms with Crippen molar-refractivity contribution in [1.29, 1.82) is 0 Å². The van der Waals surface area contributed by atoms with Gasteiger partial charge in [-0.15, -0.1) is 0 Å². The number of sulfonamides is 1. The molecule has 1 aromatic carbocycles. The summed E-state index contributed by atoms with van der Waals surface area (Å²) < 4.78 is 28.8. The molecule has 0 bridgehead atoms. The van der Waals surface area contributed by atoms with E-state index in [0.29, 0.717) is 29.9 Å². The van der Waals surface area contributed by atoms with Gasteiger partial charge in [0.15, 0.2) is 0 Å². The van der Waals surface area contributed by atoms with E-state index in [2.05, 4.69) is 4.99 Å². The number of carbonyl (C=O) groups excluding carboxylic acids is 1. The van der Waals surface area contributed by atoms with Crippen LogP contribution < -0.4 is 5.49 Å². The third-order valence-electron chi connectivity index (χ3n) is 4.65. The standard InChI is InChI=1S/C20H24ClN3O3S/c1-15(2)22-19-7-3-4-13-24(19)20(25)16-6-5-12-23(14-16)28(26,27)18-10-8-17(21)9-11-18/h3-4,7-11,13,15-16H,5-6,12,14H2,1-2H3. The van der Waals surface area contributed by atoms with Gasteiger partial charge in [0, 0.05) is 30.4 Å². The Balaban J connectivity index is 1.86. The lowest BCUT2D eigenvalue weighted by molar-refractivity contribution is 0.0778. The Hall–Kier alpha value is -1.96. The smallest absolute Gasteiger partial charge is 0.243 e. The Morgan fingerprint density at radius 3 is 2.57 bits per heavy atom. The van der Waals surface area contributed by atoms with Gasteiger partial charge in [0.1, 0.15) is 5.49 Å². The Kier molecular flexibility index (Phi) is 6.37. The summed E-state index contributed by atoms with van der Waals surface area (Å²) in [5.41, 5.74) is 0.584. The average molecular weight is 422 g/mol. The molecule has 2 aromatic rings. The molecule has 0 N–H and O–H groups in total. The minimum atomic E-state index is -3.67. The molecule has 0 spiro atoms. The second-order valence-electron chi connectivity index (χ2n) is 7.15. The number of rotatable bonds is 4. The predicted molar refractivity (Wildman–Crippen MR) is 109 cm³/mol. The summed E-state index contributed by atoms with van der Waals surface area (Å²) in [7, 11) is -3.67.